The van der Waals surface area contributed by atoms with E-state index in [1.54, 1.807) is 20.8 Å². The van der Waals surface area contributed by atoms with Crippen molar-refractivity contribution in [2.24, 2.45) is 0 Å². The molecule has 1 aromatic rings. The van der Waals surface area contributed by atoms with Crippen LogP contribution in [-0.2, 0) is 20.4 Å². The standard InChI is InChI=1S/C15H18F3NO5/c1-14(2,3)24-13(22)19-10-7-8(15(16,17)18)5-6-9(10)11(20)12(21)23-4/h5-7,11,20H,1-4H3,(H,19,22). The number of ether oxygens (including phenoxy) is 2. The molecule has 6 nitrogen and oxygen atoms in total. The van der Waals surface area contributed by atoms with Crippen molar-refractivity contribution in [2.45, 2.75) is 38.7 Å². The first kappa shape index (κ1) is 19.8. The Bertz CT molecular complexity index is 623. The lowest BCUT2D eigenvalue weighted by molar-refractivity contribution is -0.150. The number of alkyl halides is 3. The first-order valence-corrected chi connectivity index (χ1v) is 6.82. The highest BCUT2D eigenvalue weighted by molar-refractivity contribution is 5.88. The predicted molar refractivity (Wildman–Crippen MR) is 78.3 cm³/mol. The Balaban J connectivity index is 3.25. The third-order valence-electron chi connectivity index (χ3n) is 2.74. The second-order valence-corrected chi connectivity index (χ2v) is 5.85. The summed E-state index contributed by atoms with van der Waals surface area (Å²) in [7, 11) is 1.01. The number of rotatable bonds is 3. The van der Waals surface area contributed by atoms with Gasteiger partial charge in [-0.05, 0) is 32.9 Å². The lowest BCUT2D eigenvalue weighted by Crippen LogP contribution is -2.28. The van der Waals surface area contributed by atoms with Crippen LogP contribution in [0, 0.1) is 0 Å². The molecule has 9 heteroatoms. The minimum atomic E-state index is -4.67. The molecule has 1 amide bonds. The Morgan fingerprint density at radius 1 is 1.21 bits per heavy atom. The molecule has 0 aliphatic heterocycles. The largest absolute Gasteiger partial charge is 0.467 e. The molecule has 0 bridgehead atoms. The molecular formula is C15H18F3NO5. The zero-order chi connectivity index (χ0) is 18.7. The van der Waals surface area contributed by atoms with Crippen LogP contribution in [0.25, 0.3) is 0 Å². The Morgan fingerprint density at radius 3 is 2.25 bits per heavy atom. The lowest BCUT2D eigenvalue weighted by atomic mass is 10.0. The number of halogens is 3. The fourth-order valence-corrected chi connectivity index (χ4v) is 1.73. The van der Waals surface area contributed by atoms with E-state index in [-0.39, 0.29) is 5.56 Å². The highest BCUT2D eigenvalue weighted by atomic mass is 19.4. The van der Waals surface area contributed by atoms with E-state index in [1.165, 1.54) is 0 Å². The molecule has 1 rings (SSSR count). The van der Waals surface area contributed by atoms with Gasteiger partial charge in [-0.3, -0.25) is 5.32 Å². The van der Waals surface area contributed by atoms with Gasteiger partial charge in [0.1, 0.15) is 5.60 Å². The minimum absolute atomic E-state index is 0.249. The topological polar surface area (TPSA) is 84.9 Å². The molecule has 0 aliphatic carbocycles. The number of carbonyl (C=O) groups is 2. The zero-order valence-electron chi connectivity index (χ0n) is 13.5. The van der Waals surface area contributed by atoms with Gasteiger partial charge in [-0.2, -0.15) is 13.2 Å². The van der Waals surface area contributed by atoms with E-state index in [0.29, 0.717) is 12.1 Å². The maximum Gasteiger partial charge on any atom is 0.416 e. The average Bonchev–Trinajstić information content (AvgIpc) is 2.42. The van der Waals surface area contributed by atoms with Crippen LogP contribution in [0.1, 0.15) is 38.0 Å². The number of amides is 1. The highest BCUT2D eigenvalue weighted by Crippen LogP contribution is 2.34. The van der Waals surface area contributed by atoms with Crippen molar-refractivity contribution in [3.8, 4) is 0 Å². The third-order valence-corrected chi connectivity index (χ3v) is 2.74. The first-order chi connectivity index (χ1) is 10.8. The number of hydrogen-bond donors (Lipinski definition) is 2. The first-order valence-electron chi connectivity index (χ1n) is 6.82. The van der Waals surface area contributed by atoms with Gasteiger partial charge in [0, 0.05) is 5.56 Å². The Kier molecular flexibility index (Phi) is 5.83. The summed E-state index contributed by atoms with van der Waals surface area (Å²) in [5.74, 6) is -1.08. The molecule has 24 heavy (non-hydrogen) atoms. The molecule has 0 aromatic heterocycles. The second-order valence-electron chi connectivity index (χ2n) is 5.85. The summed E-state index contributed by atoms with van der Waals surface area (Å²) in [4.78, 5) is 23.2. The summed E-state index contributed by atoms with van der Waals surface area (Å²) in [5, 5.41) is 12.0. The zero-order valence-corrected chi connectivity index (χ0v) is 13.5. The minimum Gasteiger partial charge on any atom is -0.467 e. The van der Waals surface area contributed by atoms with E-state index in [9.17, 15) is 27.9 Å². The van der Waals surface area contributed by atoms with Crippen molar-refractivity contribution < 1.29 is 37.3 Å². The molecule has 0 radical (unpaired) electrons. The summed E-state index contributed by atoms with van der Waals surface area (Å²) < 4.78 is 47.8. The van der Waals surface area contributed by atoms with Crippen LogP contribution >= 0.6 is 0 Å². The van der Waals surface area contributed by atoms with Crippen molar-refractivity contribution in [1.82, 2.24) is 0 Å². The second kappa shape index (κ2) is 7.08. The number of aliphatic hydroxyl groups is 1. The number of aliphatic hydroxyl groups excluding tert-OH is 1. The summed E-state index contributed by atoms with van der Waals surface area (Å²) in [6, 6.07) is 2.17. The number of esters is 1. The van der Waals surface area contributed by atoms with Crippen molar-refractivity contribution in [1.29, 1.82) is 0 Å². The molecule has 0 aliphatic rings. The number of benzene rings is 1. The Morgan fingerprint density at radius 2 is 1.79 bits per heavy atom. The fraction of sp³-hybridized carbons (Fsp3) is 0.467. The molecule has 0 fully saturated rings. The smallest absolute Gasteiger partial charge is 0.416 e. The van der Waals surface area contributed by atoms with Gasteiger partial charge in [0.05, 0.1) is 18.4 Å². The molecule has 1 aromatic carbocycles. The quantitative estimate of drug-likeness (QED) is 0.818. The van der Waals surface area contributed by atoms with E-state index in [4.69, 9.17) is 4.74 Å². The van der Waals surface area contributed by atoms with Gasteiger partial charge in [0.25, 0.3) is 0 Å². The monoisotopic (exact) mass is 349 g/mol. The Labute approximate surface area is 136 Å². The molecule has 0 saturated heterocycles. The molecule has 0 saturated carbocycles. The van der Waals surface area contributed by atoms with Crippen molar-refractivity contribution in [3.05, 3.63) is 29.3 Å². The number of nitrogens with one attached hydrogen (secondary N) is 1. The molecule has 0 heterocycles. The van der Waals surface area contributed by atoms with Gasteiger partial charge in [0.2, 0.25) is 0 Å². The van der Waals surface area contributed by atoms with Gasteiger partial charge in [-0.25, -0.2) is 9.59 Å². The number of methoxy groups -OCH3 is 1. The molecule has 1 atom stereocenters. The van der Waals surface area contributed by atoms with Gasteiger partial charge in [-0.15, -0.1) is 0 Å². The van der Waals surface area contributed by atoms with Crippen LogP contribution < -0.4 is 5.32 Å². The molecule has 134 valence electrons. The average molecular weight is 349 g/mol. The number of carbonyl (C=O) groups excluding carboxylic acids is 2. The normalized spacial score (nSPS) is 13.2. The van der Waals surface area contributed by atoms with Crippen LogP contribution in [0.4, 0.5) is 23.7 Å². The number of hydrogen-bond acceptors (Lipinski definition) is 5. The van der Waals surface area contributed by atoms with Crippen molar-refractivity contribution in [2.75, 3.05) is 12.4 Å². The predicted octanol–water partition coefficient (Wildman–Crippen LogP) is 3.26. The van der Waals surface area contributed by atoms with Crippen LogP contribution in [-0.4, -0.2) is 29.9 Å². The summed E-state index contributed by atoms with van der Waals surface area (Å²) in [6.07, 6.45) is -7.55. The summed E-state index contributed by atoms with van der Waals surface area (Å²) in [6.45, 7) is 4.72. The summed E-state index contributed by atoms with van der Waals surface area (Å²) in [5.41, 5.74) is -2.60. The molecular weight excluding hydrogens is 331 g/mol. The fourth-order valence-electron chi connectivity index (χ4n) is 1.73. The van der Waals surface area contributed by atoms with Crippen molar-refractivity contribution >= 4 is 17.7 Å². The maximum absolute atomic E-state index is 12.8. The van der Waals surface area contributed by atoms with Crippen LogP contribution in [0.5, 0.6) is 0 Å². The van der Waals surface area contributed by atoms with Gasteiger partial charge in [-0.1, -0.05) is 6.07 Å². The third kappa shape index (κ3) is 5.41. The SMILES string of the molecule is COC(=O)C(O)c1ccc(C(F)(F)F)cc1NC(=O)OC(C)(C)C. The van der Waals surface area contributed by atoms with E-state index in [0.717, 1.165) is 13.2 Å². The van der Waals surface area contributed by atoms with Crippen LogP contribution in [0.2, 0.25) is 0 Å². The van der Waals surface area contributed by atoms with Gasteiger partial charge in [0.15, 0.2) is 6.10 Å². The van der Waals surface area contributed by atoms with Crippen LogP contribution in [0.3, 0.4) is 0 Å². The highest BCUT2D eigenvalue weighted by Gasteiger charge is 2.33. The number of anilines is 1. The molecule has 1 unspecified atom stereocenters. The van der Waals surface area contributed by atoms with E-state index < -0.39 is 41.2 Å². The van der Waals surface area contributed by atoms with Gasteiger partial charge >= 0.3 is 18.2 Å². The van der Waals surface area contributed by atoms with E-state index >= 15 is 0 Å². The van der Waals surface area contributed by atoms with E-state index in [2.05, 4.69) is 10.1 Å². The summed E-state index contributed by atoms with van der Waals surface area (Å²) >= 11 is 0. The molecule has 2 N–H and O–H groups in total. The maximum atomic E-state index is 12.8. The van der Waals surface area contributed by atoms with Gasteiger partial charge < -0.3 is 14.6 Å². The molecule has 0 spiro atoms. The van der Waals surface area contributed by atoms with Crippen molar-refractivity contribution in [3.63, 3.8) is 0 Å². The van der Waals surface area contributed by atoms with E-state index in [1.807, 2.05) is 0 Å². The van der Waals surface area contributed by atoms with Crippen LogP contribution in [0.15, 0.2) is 18.2 Å². The lowest BCUT2D eigenvalue weighted by Gasteiger charge is -2.21. The Hall–Kier alpha value is -2.29.